The number of likely N-dealkylation sites (tertiary alicyclic amines) is 1. The summed E-state index contributed by atoms with van der Waals surface area (Å²) in [5, 5.41) is 0. The third kappa shape index (κ3) is 3.20. The summed E-state index contributed by atoms with van der Waals surface area (Å²) >= 11 is 0. The highest BCUT2D eigenvalue weighted by molar-refractivity contribution is 5.03. The molecule has 3 unspecified atom stereocenters. The molecule has 2 aliphatic rings. The average molecular weight is 282 g/mol. The van der Waals surface area contributed by atoms with Crippen LogP contribution in [0.3, 0.4) is 0 Å². The lowest BCUT2D eigenvalue weighted by atomic mass is 9.76. The normalized spacial score (nSPS) is 39.9. The third-order valence-electron chi connectivity index (χ3n) is 5.71. The van der Waals surface area contributed by atoms with Crippen LogP contribution >= 0.6 is 0 Å². The second-order valence-electron chi connectivity index (χ2n) is 7.14. The van der Waals surface area contributed by atoms with Gasteiger partial charge in [-0.15, -0.1) is 0 Å². The number of hydrogen-bond donors (Lipinski definition) is 1. The highest BCUT2D eigenvalue weighted by Crippen LogP contribution is 2.41. The van der Waals surface area contributed by atoms with Gasteiger partial charge in [-0.25, -0.2) is 0 Å². The lowest BCUT2D eigenvalue weighted by Crippen LogP contribution is -2.64. The standard InChI is InChI=1S/C17H34N2O/c1-4-8-15-9-6-7-11-19(15)17(14-18)10-12-20-16(3,5-2)13-17/h15H,4-14,18H2,1-3H3. The van der Waals surface area contributed by atoms with E-state index in [4.69, 9.17) is 10.5 Å². The number of rotatable bonds is 5. The van der Waals surface area contributed by atoms with Crippen molar-refractivity contribution >= 4 is 0 Å². The summed E-state index contributed by atoms with van der Waals surface area (Å²) in [6.45, 7) is 9.72. The van der Waals surface area contributed by atoms with E-state index in [1.807, 2.05) is 0 Å². The Bertz CT molecular complexity index is 307. The summed E-state index contributed by atoms with van der Waals surface area (Å²) in [4.78, 5) is 2.79. The number of hydrogen-bond acceptors (Lipinski definition) is 3. The molecular weight excluding hydrogens is 248 g/mol. The van der Waals surface area contributed by atoms with E-state index in [2.05, 4.69) is 25.7 Å². The topological polar surface area (TPSA) is 38.5 Å². The van der Waals surface area contributed by atoms with Gasteiger partial charge in [0.1, 0.15) is 0 Å². The van der Waals surface area contributed by atoms with Crippen LogP contribution in [-0.4, -0.2) is 41.8 Å². The molecule has 0 aromatic heterocycles. The molecule has 0 aliphatic carbocycles. The van der Waals surface area contributed by atoms with Crippen LogP contribution in [0.15, 0.2) is 0 Å². The first kappa shape index (κ1) is 16.3. The van der Waals surface area contributed by atoms with Gasteiger partial charge >= 0.3 is 0 Å². The third-order valence-corrected chi connectivity index (χ3v) is 5.71. The Kier molecular flexibility index (Phi) is 5.49. The second-order valence-corrected chi connectivity index (χ2v) is 7.14. The van der Waals surface area contributed by atoms with Crippen LogP contribution in [0.25, 0.3) is 0 Å². The van der Waals surface area contributed by atoms with Crippen LogP contribution in [0.4, 0.5) is 0 Å². The van der Waals surface area contributed by atoms with Crippen LogP contribution in [0.1, 0.15) is 72.1 Å². The molecule has 2 fully saturated rings. The maximum absolute atomic E-state index is 6.31. The van der Waals surface area contributed by atoms with Crippen molar-refractivity contribution in [2.75, 3.05) is 19.7 Å². The highest BCUT2D eigenvalue weighted by Gasteiger charge is 2.47. The molecule has 0 amide bonds. The van der Waals surface area contributed by atoms with Crippen LogP contribution in [-0.2, 0) is 4.74 Å². The average Bonchev–Trinajstić information content (AvgIpc) is 2.48. The molecule has 2 saturated heterocycles. The molecule has 2 aliphatic heterocycles. The molecule has 0 spiro atoms. The molecule has 2 rings (SSSR count). The van der Waals surface area contributed by atoms with Gasteiger partial charge in [0.15, 0.2) is 0 Å². The summed E-state index contributed by atoms with van der Waals surface area (Å²) in [5.41, 5.74) is 6.51. The van der Waals surface area contributed by atoms with Crippen LogP contribution < -0.4 is 5.73 Å². The highest BCUT2D eigenvalue weighted by atomic mass is 16.5. The van der Waals surface area contributed by atoms with Gasteiger partial charge in [-0.05, 0) is 52.0 Å². The molecule has 3 nitrogen and oxygen atoms in total. The molecular formula is C17H34N2O. The zero-order chi connectivity index (χ0) is 14.6. The van der Waals surface area contributed by atoms with Crippen molar-refractivity contribution in [3.05, 3.63) is 0 Å². The van der Waals surface area contributed by atoms with Crippen molar-refractivity contribution in [3.8, 4) is 0 Å². The molecule has 2 heterocycles. The first-order chi connectivity index (χ1) is 9.59. The van der Waals surface area contributed by atoms with Gasteiger partial charge in [-0.1, -0.05) is 26.7 Å². The molecule has 0 radical (unpaired) electrons. The summed E-state index contributed by atoms with van der Waals surface area (Å²) in [6, 6.07) is 0.747. The lowest BCUT2D eigenvalue weighted by Gasteiger charge is -2.55. The number of nitrogens with two attached hydrogens (primary N) is 1. The van der Waals surface area contributed by atoms with Gasteiger partial charge in [0, 0.05) is 24.7 Å². The molecule has 0 aromatic rings. The fraction of sp³-hybridized carbons (Fsp3) is 1.00. The molecule has 0 bridgehead atoms. The van der Waals surface area contributed by atoms with Gasteiger partial charge in [0.25, 0.3) is 0 Å². The number of nitrogens with zero attached hydrogens (tertiary/aromatic N) is 1. The first-order valence-electron chi connectivity index (χ1n) is 8.70. The van der Waals surface area contributed by atoms with Crippen molar-refractivity contribution in [2.24, 2.45) is 5.73 Å². The molecule has 2 N–H and O–H groups in total. The Morgan fingerprint density at radius 3 is 2.75 bits per heavy atom. The zero-order valence-electron chi connectivity index (χ0n) is 13.8. The van der Waals surface area contributed by atoms with Crippen molar-refractivity contribution in [2.45, 2.75) is 89.3 Å². The van der Waals surface area contributed by atoms with Crippen molar-refractivity contribution in [3.63, 3.8) is 0 Å². The predicted molar refractivity (Wildman–Crippen MR) is 84.9 cm³/mol. The van der Waals surface area contributed by atoms with Gasteiger partial charge in [-0.3, -0.25) is 4.90 Å². The fourth-order valence-corrected chi connectivity index (χ4v) is 4.34. The lowest BCUT2D eigenvalue weighted by molar-refractivity contribution is -0.141. The molecule has 118 valence electrons. The maximum Gasteiger partial charge on any atom is 0.0670 e. The van der Waals surface area contributed by atoms with Gasteiger partial charge < -0.3 is 10.5 Å². The minimum atomic E-state index is 0.0197. The quantitative estimate of drug-likeness (QED) is 0.840. The van der Waals surface area contributed by atoms with Crippen molar-refractivity contribution in [1.29, 1.82) is 0 Å². The van der Waals surface area contributed by atoms with Gasteiger partial charge in [0.05, 0.1) is 5.60 Å². The number of ether oxygens (including phenoxy) is 1. The minimum absolute atomic E-state index is 0.0197. The Labute approximate surface area is 125 Å². The number of piperidine rings is 1. The van der Waals surface area contributed by atoms with E-state index >= 15 is 0 Å². The van der Waals surface area contributed by atoms with E-state index in [0.29, 0.717) is 0 Å². The SMILES string of the molecule is CCCC1CCCCN1C1(CN)CCOC(C)(CC)C1. The fourth-order valence-electron chi connectivity index (χ4n) is 4.34. The molecule has 0 saturated carbocycles. The van der Waals surface area contributed by atoms with Crippen LogP contribution in [0.2, 0.25) is 0 Å². The Balaban J connectivity index is 2.19. The van der Waals surface area contributed by atoms with E-state index in [9.17, 15) is 0 Å². The second kappa shape index (κ2) is 6.76. The monoisotopic (exact) mass is 282 g/mol. The van der Waals surface area contributed by atoms with Gasteiger partial charge in [-0.2, -0.15) is 0 Å². The predicted octanol–water partition coefficient (Wildman–Crippen LogP) is 3.32. The van der Waals surface area contributed by atoms with E-state index in [0.717, 1.165) is 38.5 Å². The summed E-state index contributed by atoms with van der Waals surface area (Å²) in [5.74, 6) is 0. The van der Waals surface area contributed by atoms with Gasteiger partial charge in [0.2, 0.25) is 0 Å². The van der Waals surface area contributed by atoms with Crippen molar-refractivity contribution < 1.29 is 4.74 Å². The summed E-state index contributed by atoms with van der Waals surface area (Å²) in [6.07, 6.45) is 10.00. The minimum Gasteiger partial charge on any atom is -0.375 e. The molecule has 3 heteroatoms. The van der Waals surface area contributed by atoms with Crippen molar-refractivity contribution in [1.82, 2.24) is 4.90 Å². The summed E-state index contributed by atoms with van der Waals surface area (Å²) < 4.78 is 6.08. The van der Waals surface area contributed by atoms with Crippen LogP contribution in [0, 0.1) is 0 Å². The van der Waals surface area contributed by atoms with E-state index in [1.165, 1.54) is 38.6 Å². The summed E-state index contributed by atoms with van der Waals surface area (Å²) in [7, 11) is 0. The maximum atomic E-state index is 6.31. The Morgan fingerprint density at radius 1 is 1.30 bits per heavy atom. The zero-order valence-corrected chi connectivity index (χ0v) is 13.8. The van der Waals surface area contributed by atoms with E-state index in [-0.39, 0.29) is 11.1 Å². The van der Waals surface area contributed by atoms with E-state index < -0.39 is 0 Å². The molecule has 0 aromatic carbocycles. The molecule has 20 heavy (non-hydrogen) atoms. The van der Waals surface area contributed by atoms with E-state index in [1.54, 1.807) is 0 Å². The van der Waals surface area contributed by atoms with Crippen LogP contribution in [0.5, 0.6) is 0 Å². The Morgan fingerprint density at radius 2 is 2.10 bits per heavy atom. The Hall–Kier alpha value is -0.120. The first-order valence-corrected chi connectivity index (χ1v) is 8.70. The largest absolute Gasteiger partial charge is 0.375 e. The molecule has 3 atom stereocenters. The smallest absolute Gasteiger partial charge is 0.0670 e.